The Bertz CT molecular complexity index is 801. The second-order valence-corrected chi connectivity index (χ2v) is 8.78. The molecule has 0 unspecified atom stereocenters. The summed E-state index contributed by atoms with van der Waals surface area (Å²) in [4.78, 5) is 46.9. The van der Waals surface area contributed by atoms with Crippen LogP contribution in [0.2, 0.25) is 0 Å². The molecule has 0 spiro atoms. The van der Waals surface area contributed by atoms with Gasteiger partial charge in [0.1, 0.15) is 6.54 Å². The first-order chi connectivity index (χ1) is 14.1. The summed E-state index contributed by atoms with van der Waals surface area (Å²) in [5, 5.41) is 0. The van der Waals surface area contributed by atoms with Crippen LogP contribution in [0.1, 0.15) is 30.1 Å². The molecule has 7 nitrogen and oxygen atoms in total. The Morgan fingerprint density at radius 1 is 1.00 bits per heavy atom. The highest BCUT2D eigenvalue weighted by molar-refractivity contribution is 8.00. The third-order valence-electron chi connectivity index (χ3n) is 6.01. The molecule has 1 aromatic carbocycles. The molecule has 2 saturated heterocycles. The van der Waals surface area contributed by atoms with Gasteiger partial charge in [-0.05, 0) is 37.6 Å². The summed E-state index contributed by atoms with van der Waals surface area (Å²) in [6.07, 6.45) is 2.08. The maximum absolute atomic E-state index is 12.9. The predicted octanol–water partition coefficient (Wildman–Crippen LogP) is 1.53. The summed E-state index contributed by atoms with van der Waals surface area (Å²) in [6, 6.07) is 5.54. The number of nitrogens with zero attached hydrogens (tertiary/aromatic N) is 4. The van der Waals surface area contributed by atoms with Crippen molar-refractivity contribution in [3.05, 3.63) is 23.8 Å². The molecule has 0 bridgehead atoms. The van der Waals surface area contributed by atoms with Crippen LogP contribution in [0.25, 0.3) is 0 Å². The van der Waals surface area contributed by atoms with Crippen LogP contribution in [0.4, 0.5) is 5.69 Å². The Morgan fingerprint density at radius 2 is 1.72 bits per heavy atom. The van der Waals surface area contributed by atoms with Gasteiger partial charge in [0.15, 0.2) is 0 Å². The molecule has 8 heteroatoms. The number of hydrogen-bond donors (Lipinski definition) is 0. The van der Waals surface area contributed by atoms with E-state index in [-0.39, 0.29) is 24.3 Å². The number of likely N-dealkylation sites (tertiary alicyclic amines) is 1. The molecule has 0 saturated carbocycles. The van der Waals surface area contributed by atoms with Crippen molar-refractivity contribution < 1.29 is 14.4 Å². The largest absolute Gasteiger partial charge is 0.339 e. The van der Waals surface area contributed by atoms with E-state index in [1.807, 2.05) is 21.9 Å². The van der Waals surface area contributed by atoms with Crippen LogP contribution < -0.4 is 4.90 Å². The fourth-order valence-corrected chi connectivity index (χ4v) is 5.08. The molecule has 2 fully saturated rings. The molecule has 29 heavy (non-hydrogen) atoms. The second-order valence-electron chi connectivity index (χ2n) is 7.77. The standard InChI is InChI=1S/C21H28N4O3S/c1-2-22-9-11-23(12-10-22)19(26)14-25-17-13-16(21(28)24-7-3-4-8-24)5-6-18(17)29-15-20(25)27/h5-6,13H,2-4,7-12,14-15H2,1H3. The van der Waals surface area contributed by atoms with Crippen molar-refractivity contribution in [2.75, 3.05) is 63.0 Å². The van der Waals surface area contributed by atoms with E-state index in [4.69, 9.17) is 0 Å². The molecular weight excluding hydrogens is 388 g/mol. The first kappa shape index (κ1) is 20.2. The zero-order chi connectivity index (χ0) is 20.4. The van der Waals surface area contributed by atoms with Gasteiger partial charge < -0.3 is 19.6 Å². The van der Waals surface area contributed by atoms with Crippen LogP contribution in [-0.2, 0) is 9.59 Å². The minimum Gasteiger partial charge on any atom is -0.339 e. The number of carbonyl (C=O) groups is 3. The first-order valence-electron chi connectivity index (χ1n) is 10.4. The predicted molar refractivity (Wildman–Crippen MR) is 113 cm³/mol. The molecule has 0 aromatic heterocycles. The van der Waals surface area contributed by atoms with Gasteiger partial charge >= 0.3 is 0 Å². The maximum atomic E-state index is 12.9. The van der Waals surface area contributed by atoms with Gasteiger partial charge in [0.2, 0.25) is 11.8 Å². The minimum absolute atomic E-state index is 0.00952. The van der Waals surface area contributed by atoms with Crippen molar-refractivity contribution >= 4 is 35.2 Å². The van der Waals surface area contributed by atoms with Gasteiger partial charge in [0, 0.05) is 49.7 Å². The molecule has 156 valence electrons. The Hall–Kier alpha value is -2.06. The Morgan fingerprint density at radius 3 is 2.41 bits per heavy atom. The molecule has 3 aliphatic heterocycles. The number of likely N-dealkylation sites (N-methyl/N-ethyl adjacent to an activating group) is 1. The van der Waals surface area contributed by atoms with Gasteiger partial charge in [-0.2, -0.15) is 0 Å². The zero-order valence-electron chi connectivity index (χ0n) is 16.9. The number of hydrogen-bond acceptors (Lipinski definition) is 5. The van der Waals surface area contributed by atoms with Crippen LogP contribution in [0.5, 0.6) is 0 Å². The van der Waals surface area contributed by atoms with Crippen LogP contribution >= 0.6 is 11.8 Å². The van der Waals surface area contributed by atoms with Crippen LogP contribution in [0, 0.1) is 0 Å². The molecule has 3 amide bonds. The second kappa shape index (κ2) is 8.75. The number of anilines is 1. The highest BCUT2D eigenvalue weighted by Crippen LogP contribution is 2.36. The van der Waals surface area contributed by atoms with E-state index in [0.29, 0.717) is 30.1 Å². The lowest BCUT2D eigenvalue weighted by molar-refractivity contribution is -0.132. The van der Waals surface area contributed by atoms with Crippen LogP contribution in [0.15, 0.2) is 23.1 Å². The molecule has 0 atom stereocenters. The molecular formula is C21H28N4O3S. The Labute approximate surface area is 176 Å². The van der Waals surface area contributed by atoms with Crippen molar-refractivity contribution in [3.63, 3.8) is 0 Å². The lowest BCUT2D eigenvalue weighted by Crippen LogP contribution is -2.52. The van der Waals surface area contributed by atoms with Crippen molar-refractivity contribution in [1.29, 1.82) is 0 Å². The Balaban J connectivity index is 1.51. The average molecular weight is 417 g/mol. The number of rotatable bonds is 4. The van der Waals surface area contributed by atoms with Gasteiger partial charge in [-0.1, -0.05) is 6.92 Å². The number of piperazine rings is 1. The third-order valence-corrected chi connectivity index (χ3v) is 7.06. The van der Waals surface area contributed by atoms with Crippen LogP contribution in [-0.4, -0.2) is 90.5 Å². The van der Waals surface area contributed by atoms with E-state index in [0.717, 1.165) is 50.5 Å². The summed E-state index contributed by atoms with van der Waals surface area (Å²) >= 11 is 1.47. The number of fused-ring (bicyclic) bond motifs is 1. The maximum Gasteiger partial charge on any atom is 0.253 e. The number of carbonyl (C=O) groups excluding carboxylic acids is 3. The monoisotopic (exact) mass is 416 g/mol. The van der Waals surface area contributed by atoms with Gasteiger partial charge in [-0.25, -0.2) is 0 Å². The molecule has 3 heterocycles. The topological polar surface area (TPSA) is 64.2 Å². The lowest BCUT2D eigenvalue weighted by atomic mass is 10.1. The molecule has 3 aliphatic rings. The normalized spacial score (nSPS) is 20.2. The smallest absolute Gasteiger partial charge is 0.253 e. The molecule has 4 rings (SSSR count). The van der Waals surface area contributed by atoms with E-state index in [1.165, 1.54) is 11.8 Å². The summed E-state index contributed by atoms with van der Waals surface area (Å²) in [5.74, 6) is 0.232. The van der Waals surface area contributed by atoms with Gasteiger partial charge in [0.05, 0.1) is 11.4 Å². The summed E-state index contributed by atoms with van der Waals surface area (Å²) < 4.78 is 0. The van der Waals surface area contributed by atoms with E-state index in [9.17, 15) is 14.4 Å². The van der Waals surface area contributed by atoms with Crippen molar-refractivity contribution in [1.82, 2.24) is 14.7 Å². The average Bonchev–Trinajstić information content (AvgIpc) is 3.30. The zero-order valence-corrected chi connectivity index (χ0v) is 17.7. The number of amides is 3. The molecule has 0 radical (unpaired) electrons. The molecule has 0 aliphatic carbocycles. The van der Waals surface area contributed by atoms with Crippen molar-refractivity contribution in [2.24, 2.45) is 0 Å². The molecule has 0 N–H and O–H groups in total. The Kier molecular flexibility index (Phi) is 6.10. The first-order valence-corrected chi connectivity index (χ1v) is 11.4. The van der Waals surface area contributed by atoms with Crippen LogP contribution in [0.3, 0.4) is 0 Å². The van der Waals surface area contributed by atoms with E-state index < -0.39 is 0 Å². The fourth-order valence-electron chi connectivity index (χ4n) is 4.16. The highest BCUT2D eigenvalue weighted by atomic mass is 32.2. The third kappa shape index (κ3) is 4.28. The summed E-state index contributed by atoms with van der Waals surface area (Å²) in [6.45, 7) is 7.87. The van der Waals surface area contributed by atoms with E-state index >= 15 is 0 Å². The van der Waals surface area contributed by atoms with E-state index in [2.05, 4.69) is 11.8 Å². The lowest BCUT2D eigenvalue weighted by Gasteiger charge is -2.36. The molecule has 1 aromatic rings. The fraction of sp³-hybridized carbons (Fsp3) is 0.571. The number of benzene rings is 1. The number of thioether (sulfide) groups is 1. The van der Waals surface area contributed by atoms with Crippen molar-refractivity contribution in [2.45, 2.75) is 24.7 Å². The minimum atomic E-state index is -0.0752. The van der Waals surface area contributed by atoms with Gasteiger partial charge in [-0.15, -0.1) is 11.8 Å². The van der Waals surface area contributed by atoms with Gasteiger partial charge in [-0.3, -0.25) is 14.4 Å². The summed E-state index contributed by atoms with van der Waals surface area (Å²) in [7, 11) is 0. The van der Waals surface area contributed by atoms with E-state index in [1.54, 1.807) is 11.0 Å². The van der Waals surface area contributed by atoms with Crippen molar-refractivity contribution in [3.8, 4) is 0 Å². The highest BCUT2D eigenvalue weighted by Gasteiger charge is 2.30. The SMILES string of the molecule is CCN1CCN(C(=O)CN2C(=O)CSc3ccc(C(=O)N4CCCC4)cc32)CC1. The summed E-state index contributed by atoms with van der Waals surface area (Å²) in [5.41, 5.74) is 1.28. The quantitative estimate of drug-likeness (QED) is 0.745. The van der Waals surface area contributed by atoms with Gasteiger partial charge in [0.25, 0.3) is 5.91 Å².